The molecule has 0 radical (unpaired) electrons. The zero-order valence-corrected chi connectivity index (χ0v) is 13.9. The highest BCUT2D eigenvalue weighted by molar-refractivity contribution is 5.18. The Hall–Kier alpha value is -0.900. The number of hydrogen-bond donors (Lipinski definition) is 2. The lowest BCUT2D eigenvalue weighted by atomic mass is 9.97. The van der Waals surface area contributed by atoms with E-state index in [2.05, 4.69) is 57.3 Å². The molecule has 2 unspecified atom stereocenters. The molecule has 2 atom stereocenters. The number of rotatable bonds is 9. The fraction of sp³-hybridized carbons (Fsp3) is 0.667. The van der Waals surface area contributed by atoms with Crippen molar-refractivity contribution < 1.29 is 9.84 Å². The van der Waals surface area contributed by atoms with Gasteiger partial charge in [-0.2, -0.15) is 0 Å². The molecule has 0 saturated heterocycles. The molecule has 3 heteroatoms. The SMILES string of the molecule is CC(CCCOCC(O)CNC(C)(C)C)c1ccccc1. The second-order valence-electron chi connectivity index (χ2n) is 6.81. The lowest BCUT2D eigenvalue weighted by Gasteiger charge is -2.22. The molecule has 0 aliphatic carbocycles. The van der Waals surface area contributed by atoms with Crippen molar-refractivity contribution in [2.75, 3.05) is 19.8 Å². The quantitative estimate of drug-likeness (QED) is 0.686. The minimum atomic E-state index is -0.434. The van der Waals surface area contributed by atoms with Crippen LogP contribution in [0, 0.1) is 0 Å². The van der Waals surface area contributed by atoms with Gasteiger partial charge in [-0.15, -0.1) is 0 Å². The van der Waals surface area contributed by atoms with Gasteiger partial charge < -0.3 is 15.2 Å². The Morgan fingerprint density at radius 1 is 1.19 bits per heavy atom. The van der Waals surface area contributed by atoms with Crippen molar-refractivity contribution >= 4 is 0 Å². The Balaban J connectivity index is 2.06. The summed E-state index contributed by atoms with van der Waals surface area (Å²) < 4.78 is 5.56. The number of β-amino-alcohol motifs (C(OH)–C–C–N with tert-alkyl or cyclic N) is 1. The number of aliphatic hydroxyl groups is 1. The van der Waals surface area contributed by atoms with Crippen LogP contribution in [0.2, 0.25) is 0 Å². The molecule has 0 aliphatic rings. The highest BCUT2D eigenvalue weighted by atomic mass is 16.5. The van der Waals surface area contributed by atoms with Crippen molar-refractivity contribution in [1.82, 2.24) is 5.32 Å². The maximum Gasteiger partial charge on any atom is 0.0897 e. The van der Waals surface area contributed by atoms with E-state index in [4.69, 9.17) is 4.74 Å². The van der Waals surface area contributed by atoms with Gasteiger partial charge in [0.15, 0.2) is 0 Å². The minimum Gasteiger partial charge on any atom is -0.389 e. The van der Waals surface area contributed by atoms with E-state index in [1.807, 2.05) is 6.07 Å². The van der Waals surface area contributed by atoms with E-state index >= 15 is 0 Å². The van der Waals surface area contributed by atoms with Crippen molar-refractivity contribution in [3.8, 4) is 0 Å². The molecule has 0 fully saturated rings. The normalized spacial score (nSPS) is 14.9. The molecule has 0 spiro atoms. The molecule has 1 aromatic carbocycles. The Morgan fingerprint density at radius 2 is 1.86 bits per heavy atom. The first-order valence-electron chi connectivity index (χ1n) is 7.94. The molecule has 21 heavy (non-hydrogen) atoms. The maximum absolute atomic E-state index is 9.81. The van der Waals surface area contributed by atoms with E-state index in [1.165, 1.54) is 5.56 Å². The molecule has 1 aromatic rings. The van der Waals surface area contributed by atoms with Gasteiger partial charge in [0.2, 0.25) is 0 Å². The van der Waals surface area contributed by atoms with Gasteiger partial charge >= 0.3 is 0 Å². The third-order valence-corrected chi connectivity index (χ3v) is 3.47. The van der Waals surface area contributed by atoms with E-state index < -0.39 is 6.10 Å². The summed E-state index contributed by atoms with van der Waals surface area (Å²) in [4.78, 5) is 0. The molecule has 0 amide bonds. The number of aliphatic hydroxyl groups excluding tert-OH is 1. The smallest absolute Gasteiger partial charge is 0.0897 e. The summed E-state index contributed by atoms with van der Waals surface area (Å²) in [5, 5.41) is 13.1. The molecule has 120 valence electrons. The van der Waals surface area contributed by atoms with Crippen LogP contribution in [0.3, 0.4) is 0 Å². The highest BCUT2D eigenvalue weighted by Crippen LogP contribution is 2.19. The third-order valence-electron chi connectivity index (χ3n) is 3.47. The van der Waals surface area contributed by atoms with Gasteiger partial charge in [0, 0.05) is 18.7 Å². The van der Waals surface area contributed by atoms with Gasteiger partial charge in [-0.25, -0.2) is 0 Å². The number of hydrogen-bond acceptors (Lipinski definition) is 3. The van der Waals surface area contributed by atoms with Crippen LogP contribution in [0.5, 0.6) is 0 Å². The van der Waals surface area contributed by atoms with Crippen molar-refractivity contribution in [1.29, 1.82) is 0 Å². The van der Waals surface area contributed by atoms with Crippen LogP contribution in [0.1, 0.15) is 52.0 Å². The van der Waals surface area contributed by atoms with Crippen LogP contribution >= 0.6 is 0 Å². The van der Waals surface area contributed by atoms with Gasteiger partial charge in [0.25, 0.3) is 0 Å². The summed E-state index contributed by atoms with van der Waals surface area (Å²) >= 11 is 0. The number of ether oxygens (including phenoxy) is 1. The topological polar surface area (TPSA) is 41.5 Å². The molecular weight excluding hydrogens is 262 g/mol. The standard InChI is InChI=1S/C18H31NO2/c1-15(16-10-6-5-7-11-16)9-8-12-21-14-17(20)13-19-18(2,3)4/h5-7,10-11,15,17,19-20H,8-9,12-14H2,1-4H3. The summed E-state index contributed by atoms with van der Waals surface area (Å²) in [5.74, 6) is 0.558. The van der Waals surface area contributed by atoms with Crippen molar-refractivity contribution in [3.63, 3.8) is 0 Å². The van der Waals surface area contributed by atoms with Crippen LogP contribution in [0.4, 0.5) is 0 Å². The molecular formula is C18H31NO2. The predicted molar refractivity (Wildman–Crippen MR) is 88.7 cm³/mol. The second-order valence-corrected chi connectivity index (χ2v) is 6.81. The Bertz CT molecular complexity index is 373. The lowest BCUT2D eigenvalue weighted by Crippen LogP contribution is -2.42. The predicted octanol–water partition coefficient (Wildman–Crippen LogP) is 3.34. The molecule has 0 aromatic heterocycles. The van der Waals surface area contributed by atoms with Crippen LogP contribution in [-0.2, 0) is 4.74 Å². The van der Waals surface area contributed by atoms with Crippen molar-refractivity contribution in [2.45, 2.75) is 58.1 Å². The number of benzene rings is 1. The Kier molecular flexibility index (Phi) is 7.94. The van der Waals surface area contributed by atoms with Crippen LogP contribution < -0.4 is 5.32 Å². The van der Waals surface area contributed by atoms with E-state index in [-0.39, 0.29) is 5.54 Å². The van der Waals surface area contributed by atoms with Gasteiger partial charge in [-0.1, -0.05) is 37.3 Å². The fourth-order valence-electron chi connectivity index (χ4n) is 2.14. The highest BCUT2D eigenvalue weighted by Gasteiger charge is 2.12. The van der Waals surface area contributed by atoms with Gasteiger partial charge in [-0.3, -0.25) is 0 Å². The summed E-state index contributed by atoms with van der Waals surface area (Å²) in [7, 11) is 0. The second kappa shape index (κ2) is 9.19. The van der Waals surface area contributed by atoms with Gasteiger partial charge in [0.05, 0.1) is 12.7 Å². The fourth-order valence-corrected chi connectivity index (χ4v) is 2.14. The maximum atomic E-state index is 9.81. The molecule has 0 bridgehead atoms. The van der Waals surface area contributed by atoms with Crippen molar-refractivity contribution in [3.05, 3.63) is 35.9 Å². The molecule has 0 heterocycles. The van der Waals surface area contributed by atoms with Crippen molar-refractivity contribution in [2.24, 2.45) is 0 Å². The Morgan fingerprint density at radius 3 is 2.48 bits per heavy atom. The number of nitrogens with one attached hydrogen (secondary N) is 1. The zero-order chi connectivity index (χ0) is 15.7. The molecule has 0 saturated carbocycles. The molecule has 2 N–H and O–H groups in total. The molecule has 0 aliphatic heterocycles. The molecule has 3 nitrogen and oxygen atoms in total. The summed E-state index contributed by atoms with van der Waals surface area (Å²) in [6.07, 6.45) is 1.70. The average molecular weight is 293 g/mol. The van der Waals surface area contributed by atoms with E-state index in [1.54, 1.807) is 0 Å². The van der Waals surface area contributed by atoms with Crippen LogP contribution in [0.25, 0.3) is 0 Å². The monoisotopic (exact) mass is 293 g/mol. The molecule has 1 rings (SSSR count). The van der Waals surface area contributed by atoms with E-state index in [0.717, 1.165) is 12.8 Å². The van der Waals surface area contributed by atoms with Gasteiger partial charge in [0.1, 0.15) is 0 Å². The van der Waals surface area contributed by atoms with Crippen LogP contribution in [0.15, 0.2) is 30.3 Å². The summed E-state index contributed by atoms with van der Waals surface area (Å²) in [6.45, 7) is 10.2. The van der Waals surface area contributed by atoms with E-state index in [9.17, 15) is 5.11 Å². The van der Waals surface area contributed by atoms with Gasteiger partial charge in [-0.05, 0) is 45.1 Å². The zero-order valence-electron chi connectivity index (χ0n) is 13.9. The van der Waals surface area contributed by atoms with Crippen LogP contribution in [-0.4, -0.2) is 36.5 Å². The summed E-state index contributed by atoms with van der Waals surface area (Å²) in [6, 6.07) is 10.6. The third kappa shape index (κ3) is 8.86. The first-order valence-corrected chi connectivity index (χ1v) is 7.94. The minimum absolute atomic E-state index is 0.0338. The largest absolute Gasteiger partial charge is 0.389 e. The Labute approximate surface area is 129 Å². The average Bonchev–Trinajstić information content (AvgIpc) is 2.44. The first-order chi connectivity index (χ1) is 9.88. The first kappa shape index (κ1) is 18.1. The lowest BCUT2D eigenvalue weighted by molar-refractivity contribution is 0.0324. The summed E-state index contributed by atoms with van der Waals surface area (Å²) in [5.41, 5.74) is 1.42. The van der Waals surface area contributed by atoms with E-state index in [0.29, 0.717) is 25.7 Å².